The van der Waals surface area contributed by atoms with Crippen molar-refractivity contribution in [1.29, 1.82) is 0 Å². The summed E-state index contributed by atoms with van der Waals surface area (Å²) in [5.74, 6) is -1.72. The molecule has 1 aromatic rings. The largest absolute Gasteiger partial charge is 0.481 e. The summed E-state index contributed by atoms with van der Waals surface area (Å²) in [5, 5.41) is 8.89. The first-order valence-corrected chi connectivity index (χ1v) is 6.54. The van der Waals surface area contributed by atoms with Gasteiger partial charge in [-0.05, 0) is 19.8 Å². The fraction of sp³-hybridized carbons (Fsp3) is 0.312. The van der Waals surface area contributed by atoms with E-state index in [2.05, 4.69) is 0 Å². The molecule has 1 aliphatic rings. The Kier molecular flexibility index (Phi) is 3.84. The molecule has 0 amide bonds. The summed E-state index contributed by atoms with van der Waals surface area (Å²) in [6, 6.07) is 6.75. The maximum absolute atomic E-state index is 12.4. The standard InChI is InChI=1S/C16H16O4/c1-9(16(19)20)7-8-11-10(2)14(17)12-5-3-4-6-13(12)15(11)18/h3-6,9H,7-8H2,1-2H3,(H,19,20). The Morgan fingerprint density at radius 3 is 2.25 bits per heavy atom. The summed E-state index contributed by atoms with van der Waals surface area (Å²) >= 11 is 0. The summed E-state index contributed by atoms with van der Waals surface area (Å²) in [4.78, 5) is 35.5. The molecule has 1 aliphatic carbocycles. The number of hydrogen-bond acceptors (Lipinski definition) is 3. The second-order valence-electron chi connectivity index (χ2n) is 5.09. The fourth-order valence-electron chi connectivity index (χ4n) is 2.34. The van der Waals surface area contributed by atoms with Gasteiger partial charge < -0.3 is 5.11 Å². The van der Waals surface area contributed by atoms with Crippen LogP contribution >= 0.6 is 0 Å². The monoisotopic (exact) mass is 272 g/mol. The van der Waals surface area contributed by atoms with Crippen molar-refractivity contribution < 1.29 is 19.5 Å². The highest BCUT2D eigenvalue weighted by Crippen LogP contribution is 2.29. The van der Waals surface area contributed by atoms with E-state index in [-0.39, 0.29) is 11.6 Å². The number of allylic oxidation sites excluding steroid dienone is 2. The third-order valence-corrected chi connectivity index (χ3v) is 3.73. The van der Waals surface area contributed by atoms with Crippen LogP contribution in [0.1, 0.15) is 47.4 Å². The zero-order valence-corrected chi connectivity index (χ0v) is 11.5. The van der Waals surface area contributed by atoms with Gasteiger partial charge in [0.15, 0.2) is 11.6 Å². The third kappa shape index (κ3) is 2.41. The zero-order chi connectivity index (χ0) is 14.9. The highest BCUT2D eigenvalue weighted by atomic mass is 16.4. The van der Waals surface area contributed by atoms with E-state index in [0.717, 1.165) is 0 Å². The molecule has 0 heterocycles. The molecule has 1 atom stereocenters. The Bertz CT molecular complexity index is 625. The second kappa shape index (κ2) is 5.41. The van der Waals surface area contributed by atoms with Gasteiger partial charge in [-0.1, -0.05) is 31.2 Å². The first-order valence-electron chi connectivity index (χ1n) is 6.54. The molecule has 0 saturated heterocycles. The molecule has 4 nitrogen and oxygen atoms in total. The number of carbonyl (C=O) groups is 3. The van der Waals surface area contributed by atoms with Crippen molar-refractivity contribution >= 4 is 17.5 Å². The van der Waals surface area contributed by atoms with E-state index < -0.39 is 11.9 Å². The van der Waals surface area contributed by atoms with Crippen molar-refractivity contribution in [3.8, 4) is 0 Å². The van der Waals surface area contributed by atoms with Crippen LogP contribution in [0.3, 0.4) is 0 Å². The second-order valence-corrected chi connectivity index (χ2v) is 5.09. The molecule has 4 heteroatoms. The Morgan fingerprint density at radius 2 is 1.70 bits per heavy atom. The van der Waals surface area contributed by atoms with E-state index in [4.69, 9.17) is 5.11 Å². The lowest BCUT2D eigenvalue weighted by Gasteiger charge is -2.19. The molecule has 0 saturated carbocycles. The average molecular weight is 272 g/mol. The zero-order valence-electron chi connectivity index (χ0n) is 11.5. The average Bonchev–Trinajstić information content (AvgIpc) is 2.44. The van der Waals surface area contributed by atoms with E-state index in [1.807, 2.05) is 0 Å². The summed E-state index contributed by atoms with van der Waals surface area (Å²) in [6.45, 7) is 3.23. The Balaban J connectivity index is 2.30. The van der Waals surface area contributed by atoms with Crippen LogP contribution in [0, 0.1) is 5.92 Å². The lowest BCUT2D eigenvalue weighted by Crippen LogP contribution is -2.21. The molecule has 1 aromatic carbocycles. The van der Waals surface area contributed by atoms with E-state index in [0.29, 0.717) is 35.1 Å². The van der Waals surface area contributed by atoms with Gasteiger partial charge in [0.1, 0.15) is 0 Å². The first kappa shape index (κ1) is 14.2. The van der Waals surface area contributed by atoms with Crippen molar-refractivity contribution in [2.75, 3.05) is 0 Å². The predicted molar refractivity (Wildman–Crippen MR) is 73.8 cm³/mol. The van der Waals surface area contributed by atoms with E-state index >= 15 is 0 Å². The smallest absolute Gasteiger partial charge is 0.306 e. The van der Waals surface area contributed by atoms with Crippen molar-refractivity contribution in [1.82, 2.24) is 0 Å². The normalized spacial score (nSPS) is 16.1. The Labute approximate surface area is 117 Å². The van der Waals surface area contributed by atoms with Crippen LogP contribution < -0.4 is 0 Å². The van der Waals surface area contributed by atoms with Gasteiger partial charge in [-0.15, -0.1) is 0 Å². The van der Waals surface area contributed by atoms with Gasteiger partial charge in [0, 0.05) is 22.3 Å². The van der Waals surface area contributed by atoms with Gasteiger partial charge in [0.05, 0.1) is 5.92 Å². The molecule has 0 spiro atoms. The van der Waals surface area contributed by atoms with Gasteiger partial charge in [0.25, 0.3) is 0 Å². The maximum Gasteiger partial charge on any atom is 0.306 e. The van der Waals surface area contributed by atoms with Crippen LogP contribution in [0.4, 0.5) is 0 Å². The molecule has 0 aliphatic heterocycles. The number of carbonyl (C=O) groups excluding carboxylic acids is 2. The van der Waals surface area contributed by atoms with Gasteiger partial charge in [-0.25, -0.2) is 0 Å². The number of aliphatic carboxylic acids is 1. The number of Topliss-reactive ketones (excluding diaryl/α,β-unsaturated/α-hetero) is 2. The van der Waals surface area contributed by atoms with Gasteiger partial charge in [-0.2, -0.15) is 0 Å². The van der Waals surface area contributed by atoms with Crippen molar-refractivity contribution in [2.24, 2.45) is 5.92 Å². The number of ketones is 2. The number of hydrogen-bond donors (Lipinski definition) is 1. The quantitative estimate of drug-likeness (QED) is 0.914. The molecule has 2 rings (SSSR count). The number of fused-ring (bicyclic) bond motifs is 1. The summed E-state index contributed by atoms with van der Waals surface area (Å²) in [5.41, 5.74) is 1.74. The predicted octanol–water partition coefficient (Wildman–Crippen LogP) is 2.88. The Morgan fingerprint density at radius 1 is 1.15 bits per heavy atom. The number of rotatable bonds is 4. The molecule has 0 aromatic heterocycles. The summed E-state index contributed by atoms with van der Waals surface area (Å²) in [7, 11) is 0. The third-order valence-electron chi connectivity index (χ3n) is 3.73. The Hall–Kier alpha value is -2.23. The van der Waals surface area contributed by atoms with E-state index in [1.165, 1.54) is 0 Å². The lowest BCUT2D eigenvalue weighted by molar-refractivity contribution is -0.141. The molecule has 1 N–H and O–H groups in total. The highest BCUT2D eigenvalue weighted by molar-refractivity contribution is 6.26. The molecule has 20 heavy (non-hydrogen) atoms. The summed E-state index contributed by atoms with van der Waals surface area (Å²) in [6.07, 6.45) is 0.668. The minimum Gasteiger partial charge on any atom is -0.481 e. The van der Waals surface area contributed by atoms with Gasteiger partial charge in [0.2, 0.25) is 0 Å². The highest BCUT2D eigenvalue weighted by Gasteiger charge is 2.29. The molecule has 104 valence electrons. The van der Waals surface area contributed by atoms with Crippen LogP contribution in [-0.4, -0.2) is 22.6 Å². The van der Waals surface area contributed by atoms with Gasteiger partial charge in [-0.3, -0.25) is 14.4 Å². The van der Waals surface area contributed by atoms with Gasteiger partial charge >= 0.3 is 5.97 Å². The number of carboxylic acids is 1. The van der Waals surface area contributed by atoms with Crippen LogP contribution in [-0.2, 0) is 4.79 Å². The maximum atomic E-state index is 12.4. The molecule has 0 bridgehead atoms. The lowest BCUT2D eigenvalue weighted by atomic mass is 9.82. The molecular weight excluding hydrogens is 256 g/mol. The fourth-order valence-corrected chi connectivity index (χ4v) is 2.34. The first-order chi connectivity index (χ1) is 9.43. The summed E-state index contributed by atoms with van der Waals surface area (Å²) < 4.78 is 0. The van der Waals surface area contributed by atoms with Crippen LogP contribution in [0.5, 0.6) is 0 Å². The van der Waals surface area contributed by atoms with Crippen LogP contribution in [0.15, 0.2) is 35.4 Å². The molecule has 1 unspecified atom stereocenters. The van der Waals surface area contributed by atoms with E-state index in [9.17, 15) is 14.4 Å². The molecular formula is C16H16O4. The number of carboxylic acid groups (broad SMARTS) is 1. The topological polar surface area (TPSA) is 71.4 Å². The minimum absolute atomic E-state index is 0.141. The minimum atomic E-state index is -0.891. The van der Waals surface area contributed by atoms with Crippen LogP contribution in [0.2, 0.25) is 0 Å². The molecule has 0 fully saturated rings. The molecule has 0 radical (unpaired) electrons. The van der Waals surface area contributed by atoms with Crippen molar-refractivity contribution in [3.05, 3.63) is 46.5 Å². The van der Waals surface area contributed by atoms with Crippen molar-refractivity contribution in [2.45, 2.75) is 26.7 Å². The number of benzene rings is 1. The van der Waals surface area contributed by atoms with Crippen molar-refractivity contribution in [3.63, 3.8) is 0 Å². The SMILES string of the molecule is CC1=C(CCC(C)C(=O)O)C(=O)c2ccccc2C1=O. The van der Waals surface area contributed by atoms with E-state index in [1.54, 1.807) is 38.1 Å². The van der Waals surface area contributed by atoms with Crippen LogP contribution in [0.25, 0.3) is 0 Å².